The maximum atomic E-state index is 12.9. The lowest BCUT2D eigenvalue weighted by atomic mass is 9.76. The van der Waals surface area contributed by atoms with E-state index in [0.29, 0.717) is 6.42 Å². The van der Waals surface area contributed by atoms with Gasteiger partial charge < -0.3 is 10.0 Å². The first-order chi connectivity index (χ1) is 13.0. The van der Waals surface area contributed by atoms with Gasteiger partial charge in [0.2, 0.25) is 0 Å². The molecule has 10 heteroatoms. The smallest absolute Gasteiger partial charge is 0.416 e. The molecular weight excluding hydrogens is 377 g/mol. The molecule has 0 saturated carbocycles. The summed E-state index contributed by atoms with van der Waals surface area (Å²) in [6, 6.07) is 4.51. The van der Waals surface area contributed by atoms with E-state index in [1.807, 2.05) is 0 Å². The SMILES string of the molecule is CC(C)C1(C(=O)O)CCN(C(=O)c2cn(-c3cccc(C(F)(F)F)c3)nn2)C1. The lowest BCUT2D eigenvalue weighted by molar-refractivity contribution is -0.150. The molecule has 1 unspecified atom stereocenters. The van der Waals surface area contributed by atoms with E-state index < -0.39 is 29.0 Å². The summed E-state index contributed by atoms with van der Waals surface area (Å²) in [6.45, 7) is 3.91. The van der Waals surface area contributed by atoms with Crippen LogP contribution < -0.4 is 0 Å². The van der Waals surface area contributed by atoms with Gasteiger partial charge in [-0.2, -0.15) is 13.2 Å². The molecule has 0 aliphatic carbocycles. The minimum Gasteiger partial charge on any atom is -0.481 e. The van der Waals surface area contributed by atoms with E-state index >= 15 is 0 Å². The number of carbonyl (C=O) groups is 2. The van der Waals surface area contributed by atoms with Crippen molar-refractivity contribution < 1.29 is 27.9 Å². The van der Waals surface area contributed by atoms with Gasteiger partial charge in [0.1, 0.15) is 0 Å². The lowest BCUT2D eigenvalue weighted by Crippen LogP contribution is -2.40. The molecule has 7 nitrogen and oxygen atoms in total. The Morgan fingerprint density at radius 3 is 2.57 bits per heavy atom. The van der Waals surface area contributed by atoms with Crippen molar-refractivity contribution >= 4 is 11.9 Å². The predicted octanol–water partition coefficient (Wildman–Crippen LogP) is 2.86. The predicted molar refractivity (Wildman–Crippen MR) is 91.8 cm³/mol. The van der Waals surface area contributed by atoms with Crippen LogP contribution in [0.4, 0.5) is 13.2 Å². The number of nitrogens with zero attached hydrogens (tertiary/aromatic N) is 4. The van der Waals surface area contributed by atoms with Crippen LogP contribution in [0.5, 0.6) is 0 Å². The quantitative estimate of drug-likeness (QED) is 0.859. The summed E-state index contributed by atoms with van der Waals surface area (Å²) in [6.07, 6.45) is -2.93. The van der Waals surface area contributed by atoms with E-state index in [0.717, 1.165) is 16.8 Å². The highest BCUT2D eigenvalue weighted by atomic mass is 19.4. The van der Waals surface area contributed by atoms with Crippen LogP contribution in [0.1, 0.15) is 36.3 Å². The number of halogens is 3. The number of alkyl halides is 3. The Hall–Kier alpha value is -2.91. The van der Waals surface area contributed by atoms with E-state index in [1.54, 1.807) is 13.8 Å². The van der Waals surface area contributed by atoms with Gasteiger partial charge in [0.25, 0.3) is 5.91 Å². The first-order valence-corrected chi connectivity index (χ1v) is 8.67. The first kappa shape index (κ1) is 19.8. The van der Waals surface area contributed by atoms with Gasteiger partial charge in [-0.15, -0.1) is 5.10 Å². The zero-order chi connectivity index (χ0) is 20.7. The van der Waals surface area contributed by atoms with Crippen LogP contribution in [0.25, 0.3) is 5.69 Å². The van der Waals surface area contributed by atoms with Crippen molar-refractivity contribution in [3.05, 3.63) is 41.7 Å². The van der Waals surface area contributed by atoms with Gasteiger partial charge in [0.05, 0.1) is 22.9 Å². The second-order valence-electron chi connectivity index (χ2n) is 7.19. The van der Waals surface area contributed by atoms with Crippen molar-refractivity contribution in [2.24, 2.45) is 11.3 Å². The third kappa shape index (κ3) is 3.46. The molecule has 1 N–H and O–H groups in total. The fraction of sp³-hybridized carbons (Fsp3) is 0.444. The van der Waals surface area contributed by atoms with Gasteiger partial charge in [-0.3, -0.25) is 9.59 Å². The molecule has 28 heavy (non-hydrogen) atoms. The molecule has 1 fully saturated rings. The summed E-state index contributed by atoms with van der Waals surface area (Å²) in [5.41, 5.74) is -1.80. The minimum absolute atomic E-state index is 0.0508. The highest BCUT2D eigenvalue weighted by Crippen LogP contribution is 2.38. The van der Waals surface area contributed by atoms with Crippen molar-refractivity contribution in [2.45, 2.75) is 26.4 Å². The van der Waals surface area contributed by atoms with Crippen LogP contribution in [0, 0.1) is 11.3 Å². The van der Waals surface area contributed by atoms with Gasteiger partial charge in [0, 0.05) is 13.1 Å². The molecular formula is C18H19F3N4O3. The molecule has 0 spiro atoms. The molecule has 1 aromatic carbocycles. The molecule has 150 valence electrons. The number of hydrogen-bond acceptors (Lipinski definition) is 4. The number of hydrogen-bond donors (Lipinski definition) is 1. The molecule has 0 radical (unpaired) electrons. The summed E-state index contributed by atoms with van der Waals surface area (Å²) >= 11 is 0. The largest absolute Gasteiger partial charge is 0.481 e. The zero-order valence-corrected chi connectivity index (χ0v) is 15.3. The van der Waals surface area contributed by atoms with Gasteiger partial charge in [0.15, 0.2) is 5.69 Å². The molecule has 1 aliphatic heterocycles. The number of aliphatic carboxylic acids is 1. The zero-order valence-electron chi connectivity index (χ0n) is 15.3. The first-order valence-electron chi connectivity index (χ1n) is 8.67. The highest BCUT2D eigenvalue weighted by molar-refractivity contribution is 5.93. The van der Waals surface area contributed by atoms with Crippen LogP contribution in [-0.2, 0) is 11.0 Å². The molecule has 1 aromatic heterocycles. The van der Waals surface area contributed by atoms with E-state index in [9.17, 15) is 27.9 Å². The Bertz CT molecular complexity index is 909. The number of carbonyl (C=O) groups excluding carboxylic acids is 1. The highest BCUT2D eigenvalue weighted by Gasteiger charge is 2.48. The summed E-state index contributed by atoms with van der Waals surface area (Å²) in [4.78, 5) is 25.8. The van der Waals surface area contributed by atoms with Crippen LogP contribution in [0.15, 0.2) is 30.5 Å². The fourth-order valence-electron chi connectivity index (χ4n) is 3.37. The van der Waals surface area contributed by atoms with Crippen molar-refractivity contribution in [3.8, 4) is 5.69 Å². The van der Waals surface area contributed by atoms with Gasteiger partial charge in [-0.25, -0.2) is 4.68 Å². The molecule has 1 saturated heterocycles. The van der Waals surface area contributed by atoms with Crippen LogP contribution >= 0.6 is 0 Å². The second kappa shape index (κ2) is 6.92. The van der Waals surface area contributed by atoms with Crippen LogP contribution in [-0.4, -0.2) is 50.0 Å². The third-order valence-electron chi connectivity index (χ3n) is 5.27. The van der Waals surface area contributed by atoms with E-state index in [2.05, 4.69) is 10.3 Å². The molecule has 3 rings (SSSR count). The normalized spacial score (nSPS) is 20.0. The number of aromatic nitrogens is 3. The molecule has 2 aromatic rings. The van der Waals surface area contributed by atoms with E-state index in [4.69, 9.17) is 0 Å². The average molecular weight is 396 g/mol. The summed E-state index contributed by atoms with van der Waals surface area (Å²) in [5, 5.41) is 17.1. The van der Waals surface area contributed by atoms with Crippen LogP contribution in [0.2, 0.25) is 0 Å². The monoisotopic (exact) mass is 396 g/mol. The molecule has 1 atom stereocenters. The standard InChI is InChI=1S/C18H19F3N4O3/c1-11(2)17(16(27)28)6-7-24(10-17)15(26)14-9-25(23-22-14)13-5-3-4-12(8-13)18(19,20)21/h3-5,8-9,11H,6-7,10H2,1-2H3,(H,27,28). The Kier molecular flexibility index (Phi) is 4.90. The Labute approximate surface area is 158 Å². The number of rotatable bonds is 4. The van der Waals surface area contributed by atoms with Crippen molar-refractivity contribution in [2.75, 3.05) is 13.1 Å². The van der Waals surface area contributed by atoms with E-state index in [-0.39, 0.29) is 30.4 Å². The summed E-state index contributed by atoms with van der Waals surface area (Å²) in [7, 11) is 0. The Morgan fingerprint density at radius 1 is 1.29 bits per heavy atom. The van der Waals surface area contributed by atoms with Gasteiger partial charge in [-0.1, -0.05) is 25.1 Å². The topological polar surface area (TPSA) is 88.3 Å². The Morgan fingerprint density at radius 2 is 2.00 bits per heavy atom. The van der Waals surface area contributed by atoms with Crippen molar-refractivity contribution in [1.29, 1.82) is 0 Å². The summed E-state index contributed by atoms with van der Waals surface area (Å²) in [5.74, 6) is -1.61. The van der Waals surface area contributed by atoms with Gasteiger partial charge >= 0.3 is 12.1 Å². The molecule has 1 amide bonds. The summed E-state index contributed by atoms with van der Waals surface area (Å²) < 4.78 is 39.7. The lowest BCUT2D eigenvalue weighted by Gasteiger charge is -2.28. The van der Waals surface area contributed by atoms with Crippen molar-refractivity contribution in [1.82, 2.24) is 19.9 Å². The average Bonchev–Trinajstić information content (AvgIpc) is 3.29. The third-order valence-corrected chi connectivity index (χ3v) is 5.27. The fourth-order valence-corrected chi connectivity index (χ4v) is 3.37. The number of carboxylic acids is 1. The number of carboxylic acid groups (broad SMARTS) is 1. The van der Waals surface area contributed by atoms with Crippen LogP contribution in [0.3, 0.4) is 0 Å². The number of likely N-dealkylation sites (tertiary alicyclic amines) is 1. The molecule has 2 heterocycles. The molecule has 1 aliphatic rings. The maximum absolute atomic E-state index is 12.9. The minimum atomic E-state index is -4.50. The second-order valence-corrected chi connectivity index (χ2v) is 7.19. The number of amides is 1. The van der Waals surface area contributed by atoms with Crippen molar-refractivity contribution in [3.63, 3.8) is 0 Å². The van der Waals surface area contributed by atoms with E-state index in [1.165, 1.54) is 23.2 Å². The van der Waals surface area contributed by atoms with Gasteiger partial charge in [-0.05, 0) is 30.5 Å². The Balaban J connectivity index is 1.82. The number of benzene rings is 1. The molecule has 0 bridgehead atoms. The maximum Gasteiger partial charge on any atom is 0.416 e.